The Kier molecular flexibility index (Phi) is 4.58. The Morgan fingerprint density at radius 1 is 1.22 bits per heavy atom. The van der Waals surface area contributed by atoms with Crippen molar-refractivity contribution in [3.05, 3.63) is 0 Å². The first-order chi connectivity index (χ1) is 8.36. The zero-order valence-electron chi connectivity index (χ0n) is 10.8. The number of nitrogens with zero attached hydrogens (tertiary/aromatic N) is 1. The van der Waals surface area contributed by atoms with E-state index in [1.165, 1.54) is 19.0 Å². The van der Waals surface area contributed by atoms with Crippen LogP contribution in [-0.2, 0) is 19.1 Å². The van der Waals surface area contributed by atoms with Crippen LogP contribution in [0.3, 0.4) is 0 Å². The lowest BCUT2D eigenvalue weighted by molar-refractivity contribution is -0.145. The number of carbonyl (C=O) groups is 4. The molecule has 0 aromatic carbocycles. The van der Waals surface area contributed by atoms with Gasteiger partial charge in [-0.05, 0) is 0 Å². The van der Waals surface area contributed by atoms with Crippen LogP contribution >= 0.6 is 0 Å². The Bertz CT molecular complexity index is 370. The minimum atomic E-state index is -1.15. The molecule has 1 rings (SSSR count). The van der Waals surface area contributed by atoms with Gasteiger partial charge in [-0.3, -0.25) is 14.4 Å². The molecule has 6 nitrogen and oxygen atoms in total. The van der Waals surface area contributed by atoms with Crippen molar-refractivity contribution in [1.29, 1.82) is 0 Å². The summed E-state index contributed by atoms with van der Waals surface area (Å²) in [5, 5.41) is 0. The van der Waals surface area contributed by atoms with E-state index in [0.29, 0.717) is 0 Å². The Morgan fingerprint density at radius 3 is 2.11 bits per heavy atom. The van der Waals surface area contributed by atoms with E-state index in [9.17, 15) is 19.2 Å². The van der Waals surface area contributed by atoms with Crippen LogP contribution in [-0.4, -0.2) is 48.5 Å². The van der Waals surface area contributed by atoms with Crippen molar-refractivity contribution in [3.8, 4) is 0 Å². The van der Waals surface area contributed by atoms with Gasteiger partial charge >= 0.3 is 6.09 Å². The largest absolute Gasteiger partial charge is 0.445 e. The fraction of sp³-hybridized carbons (Fsp3) is 0.667. The smallest absolute Gasteiger partial charge is 0.409 e. The molecule has 1 aliphatic carbocycles. The predicted octanol–water partition coefficient (Wildman–Crippen LogP) is 0.580. The van der Waals surface area contributed by atoms with E-state index in [2.05, 4.69) is 0 Å². The summed E-state index contributed by atoms with van der Waals surface area (Å²) in [5.74, 6) is -2.41. The normalized spacial score (nSPS) is 23.7. The third kappa shape index (κ3) is 3.15. The lowest BCUT2D eigenvalue weighted by Gasteiger charge is -2.26. The number of ketones is 3. The number of hydrogen-bond donors (Lipinski definition) is 0. The fourth-order valence-electron chi connectivity index (χ4n) is 1.83. The van der Waals surface area contributed by atoms with E-state index in [1.54, 1.807) is 6.92 Å². The van der Waals surface area contributed by atoms with E-state index < -0.39 is 29.7 Å². The van der Waals surface area contributed by atoms with E-state index in [-0.39, 0.29) is 25.0 Å². The van der Waals surface area contributed by atoms with Crippen LogP contribution in [0.1, 0.15) is 26.2 Å². The van der Waals surface area contributed by atoms with E-state index in [1.807, 2.05) is 0 Å². The van der Waals surface area contributed by atoms with Crippen molar-refractivity contribution >= 4 is 23.4 Å². The van der Waals surface area contributed by atoms with Gasteiger partial charge in [0, 0.05) is 33.4 Å². The molecule has 0 radical (unpaired) electrons. The second-order valence-corrected chi connectivity index (χ2v) is 4.49. The van der Waals surface area contributed by atoms with Crippen molar-refractivity contribution in [2.75, 3.05) is 14.1 Å². The van der Waals surface area contributed by atoms with Crippen LogP contribution in [0.5, 0.6) is 0 Å². The third-order valence-electron chi connectivity index (χ3n) is 2.80. The van der Waals surface area contributed by atoms with Crippen LogP contribution in [0.15, 0.2) is 0 Å². The molecule has 0 aromatic heterocycles. The maximum Gasteiger partial charge on any atom is 0.409 e. The van der Waals surface area contributed by atoms with Crippen LogP contribution in [0, 0.1) is 5.92 Å². The van der Waals surface area contributed by atoms with Gasteiger partial charge in [-0.2, -0.15) is 0 Å². The van der Waals surface area contributed by atoms with Gasteiger partial charge in [0.25, 0.3) is 0 Å². The molecule has 0 N–H and O–H groups in total. The molecule has 1 fully saturated rings. The topological polar surface area (TPSA) is 80.8 Å². The SMILES string of the molecule is CCC(=O)C1C(=O)CC(OC(=O)N(C)C)CC1=O. The Morgan fingerprint density at radius 2 is 1.72 bits per heavy atom. The molecule has 1 saturated carbocycles. The molecule has 0 unspecified atom stereocenters. The quantitative estimate of drug-likeness (QED) is 0.689. The van der Waals surface area contributed by atoms with E-state index in [4.69, 9.17) is 4.74 Å². The summed E-state index contributed by atoms with van der Waals surface area (Å²) >= 11 is 0. The predicted molar refractivity (Wildman–Crippen MR) is 62.0 cm³/mol. The Hall–Kier alpha value is -1.72. The minimum Gasteiger partial charge on any atom is -0.445 e. The molecule has 0 aromatic rings. The molecule has 18 heavy (non-hydrogen) atoms. The summed E-state index contributed by atoms with van der Waals surface area (Å²) in [6.07, 6.45) is -1.32. The molecule has 0 atom stereocenters. The average molecular weight is 255 g/mol. The molecule has 0 saturated heterocycles. The fourth-order valence-corrected chi connectivity index (χ4v) is 1.83. The molecule has 6 heteroatoms. The molecule has 0 spiro atoms. The van der Waals surface area contributed by atoms with Crippen molar-refractivity contribution in [2.45, 2.75) is 32.3 Å². The molecule has 0 aliphatic heterocycles. The second-order valence-electron chi connectivity index (χ2n) is 4.49. The summed E-state index contributed by atoms with van der Waals surface area (Å²) in [6.45, 7) is 1.61. The number of rotatable bonds is 3. The number of amides is 1. The minimum absolute atomic E-state index is 0.0677. The van der Waals surface area contributed by atoms with Crippen LogP contribution in [0.25, 0.3) is 0 Å². The first-order valence-electron chi connectivity index (χ1n) is 5.82. The second kappa shape index (κ2) is 5.75. The molecule has 1 aliphatic rings. The molecule has 1 amide bonds. The molecular weight excluding hydrogens is 238 g/mol. The van der Waals surface area contributed by atoms with Crippen molar-refractivity contribution < 1.29 is 23.9 Å². The van der Waals surface area contributed by atoms with E-state index in [0.717, 1.165) is 0 Å². The maximum absolute atomic E-state index is 11.7. The average Bonchev–Trinajstić information content (AvgIpc) is 2.27. The highest BCUT2D eigenvalue weighted by Crippen LogP contribution is 2.22. The first kappa shape index (κ1) is 14.3. The molecule has 0 bridgehead atoms. The van der Waals surface area contributed by atoms with Crippen LogP contribution in [0.2, 0.25) is 0 Å². The number of carbonyl (C=O) groups excluding carboxylic acids is 4. The molecule has 100 valence electrons. The van der Waals surface area contributed by atoms with E-state index >= 15 is 0 Å². The number of hydrogen-bond acceptors (Lipinski definition) is 5. The standard InChI is InChI=1S/C12H17NO5/c1-4-8(14)11-9(15)5-7(6-10(11)16)18-12(17)13(2)3/h7,11H,4-6H2,1-3H3. The number of Topliss-reactive ketones (excluding diaryl/α,β-unsaturated/α-hetero) is 3. The summed E-state index contributed by atoms with van der Waals surface area (Å²) in [6, 6.07) is 0. The highest BCUT2D eigenvalue weighted by Gasteiger charge is 2.40. The zero-order chi connectivity index (χ0) is 13.9. The highest BCUT2D eigenvalue weighted by atomic mass is 16.6. The summed E-state index contributed by atoms with van der Waals surface area (Å²) in [4.78, 5) is 47.4. The van der Waals surface area contributed by atoms with Gasteiger partial charge in [0.2, 0.25) is 0 Å². The lowest BCUT2D eigenvalue weighted by Crippen LogP contribution is -2.42. The van der Waals surface area contributed by atoms with Gasteiger partial charge in [0.05, 0.1) is 0 Å². The van der Waals surface area contributed by atoms with Crippen molar-refractivity contribution in [3.63, 3.8) is 0 Å². The Balaban J connectivity index is 2.68. The zero-order valence-corrected chi connectivity index (χ0v) is 10.8. The van der Waals surface area contributed by atoms with Gasteiger partial charge in [-0.15, -0.1) is 0 Å². The Labute approximate surface area is 105 Å². The first-order valence-corrected chi connectivity index (χ1v) is 5.82. The van der Waals surface area contributed by atoms with Crippen molar-refractivity contribution in [2.24, 2.45) is 5.92 Å². The highest BCUT2D eigenvalue weighted by molar-refractivity contribution is 6.20. The third-order valence-corrected chi connectivity index (χ3v) is 2.80. The molecular formula is C12H17NO5. The lowest BCUT2D eigenvalue weighted by atomic mass is 9.81. The van der Waals surface area contributed by atoms with Gasteiger partial charge in [0.1, 0.15) is 12.0 Å². The summed E-state index contributed by atoms with van der Waals surface area (Å²) in [7, 11) is 3.02. The van der Waals surface area contributed by atoms with Gasteiger partial charge < -0.3 is 9.64 Å². The van der Waals surface area contributed by atoms with Crippen LogP contribution < -0.4 is 0 Å². The summed E-state index contributed by atoms with van der Waals surface area (Å²) < 4.78 is 4.99. The van der Waals surface area contributed by atoms with Gasteiger partial charge in [-0.25, -0.2) is 4.79 Å². The van der Waals surface area contributed by atoms with Gasteiger partial charge in [0.15, 0.2) is 17.3 Å². The molecule has 0 heterocycles. The van der Waals surface area contributed by atoms with Crippen LogP contribution in [0.4, 0.5) is 4.79 Å². The monoisotopic (exact) mass is 255 g/mol. The van der Waals surface area contributed by atoms with Gasteiger partial charge in [-0.1, -0.05) is 6.92 Å². The number of ether oxygens (including phenoxy) is 1. The summed E-state index contributed by atoms with van der Waals surface area (Å²) in [5.41, 5.74) is 0. The van der Waals surface area contributed by atoms with Crippen molar-refractivity contribution in [1.82, 2.24) is 4.90 Å². The maximum atomic E-state index is 11.7.